The minimum absolute atomic E-state index is 0.631. The van der Waals surface area contributed by atoms with Gasteiger partial charge in [0.15, 0.2) is 0 Å². The summed E-state index contributed by atoms with van der Waals surface area (Å²) >= 11 is 0. The molecule has 0 saturated carbocycles. The standard InChI is InChI=1S/C46H34O2/c1-3-47-45-35-13-7-5-11-31(35)27-43-37-17-9-15-33(39(37)23-25-41(43)45)29-19-21-30(22-20-29)34-16-10-18-38-40(34)24-26-42-44(38)28-32-12-6-8-14-36(32)46(42)48-4-2/h5-28H,3-4H2,1-2H3. The lowest BCUT2D eigenvalue weighted by Crippen LogP contribution is -1.94. The number of benzene rings is 9. The second-order valence-corrected chi connectivity index (χ2v) is 12.4. The lowest BCUT2D eigenvalue weighted by atomic mass is 9.90. The number of hydrogen-bond donors (Lipinski definition) is 0. The van der Waals surface area contributed by atoms with Gasteiger partial charge in [-0.05, 0) is 103 Å². The van der Waals surface area contributed by atoms with Crippen LogP contribution in [0.25, 0.3) is 86.9 Å². The molecule has 0 saturated heterocycles. The summed E-state index contributed by atoms with van der Waals surface area (Å²) in [5, 5.41) is 14.4. The average molecular weight is 619 g/mol. The highest BCUT2D eigenvalue weighted by molar-refractivity contribution is 6.19. The highest BCUT2D eigenvalue weighted by atomic mass is 16.5. The largest absolute Gasteiger partial charge is 0.493 e. The van der Waals surface area contributed by atoms with E-state index in [-0.39, 0.29) is 0 Å². The van der Waals surface area contributed by atoms with E-state index < -0.39 is 0 Å². The maximum absolute atomic E-state index is 6.23. The second-order valence-electron chi connectivity index (χ2n) is 12.4. The molecular weight excluding hydrogens is 585 g/mol. The van der Waals surface area contributed by atoms with Crippen LogP contribution in [0.5, 0.6) is 11.5 Å². The molecule has 2 heteroatoms. The van der Waals surface area contributed by atoms with Crippen LogP contribution in [0, 0.1) is 0 Å². The summed E-state index contributed by atoms with van der Waals surface area (Å²) in [4.78, 5) is 0. The van der Waals surface area contributed by atoms with Gasteiger partial charge in [-0.3, -0.25) is 0 Å². The minimum atomic E-state index is 0.631. The molecule has 0 heterocycles. The van der Waals surface area contributed by atoms with Crippen molar-refractivity contribution in [2.75, 3.05) is 13.2 Å². The first kappa shape index (κ1) is 28.4. The van der Waals surface area contributed by atoms with Crippen molar-refractivity contribution in [1.29, 1.82) is 0 Å². The van der Waals surface area contributed by atoms with Gasteiger partial charge in [0, 0.05) is 21.5 Å². The zero-order valence-corrected chi connectivity index (χ0v) is 27.1. The molecule has 0 bridgehead atoms. The lowest BCUT2D eigenvalue weighted by molar-refractivity contribution is 0.348. The maximum atomic E-state index is 6.23. The molecule has 230 valence electrons. The van der Waals surface area contributed by atoms with Gasteiger partial charge < -0.3 is 9.47 Å². The Bertz CT molecular complexity index is 2500. The van der Waals surface area contributed by atoms with Crippen LogP contribution in [-0.4, -0.2) is 13.2 Å². The molecule has 9 rings (SSSR count). The number of rotatable bonds is 6. The van der Waals surface area contributed by atoms with Crippen molar-refractivity contribution in [1.82, 2.24) is 0 Å². The Labute approximate surface area is 279 Å². The third-order valence-corrected chi connectivity index (χ3v) is 9.79. The molecule has 0 fully saturated rings. The first-order valence-corrected chi connectivity index (χ1v) is 16.8. The quantitative estimate of drug-likeness (QED) is 0.136. The topological polar surface area (TPSA) is 18.5 Å². The van der Waals surface area contributed by atoms with Crippen LogP contribution in [0.4, 0.5) is 0 Å². The summed E-state index contributed by atoms with van der Waals surface area (Å²) in [6.45, 7) is 5.37. The summed E-state index contributed by atoms with van der Waals surface area (Å²) in [7, 11) is 0. The van der Waals surface area contributed by atoms with Gasteiger partial charge in [-0.1, -0.05) is 121 Å². The van der Waals surface area contributed by atoms with Crippen molar-refractivity contribution < 1.29 is 9.47 Å². The molecule has 0 atom stereocenters. The average Bonchev–Trinajstić information content (AvgIpc) is 3.14. The second kappa shape index (κ2) is 11.4. The Kier molecular flexibility index (Phi) is 6.76. The van der Waals surface area contributed by atoms with E-state index in [1.807, 2.05) is 0 Å². The molecule has 0 aliphatic rings. The van der Waals surface area contributed by atoms with Crippen LogP contribution in [0.15, 0.2) is 146 Å². The molecule has 0 N–H and O–H groups in total. The normalized spacial score (nSPS) is 11.7. The summed E-state index contributed by atoms with van der Waals surface area (Å²) < 4.78 is 12.5. The van der Waals surface area contributed by atoms with Crippen molar-refractivity contribution in [2.24, 2.45) is 0 Å². The highest BCUT2D eigenvalue weighted by Crippen LogP contribution is 2.43. The van der Waals surface area contributed by atoms with Crippen LogP contribution in [0.2, 0.25) is 0 Å². The molecule has 2 nitrogen and oxygen atoms in total. The minimum Gasteiger partial charge on any atom is -0.493 e. The predicted molar refractivity (Wildman–Crippen MR) is 205 cm³/mol. The SMILES string of the molecule is CCOc1c2ccccc2cc2c1ccc1c(-c3ccc(-c4cccc5c4ccc4c(OCC)c6ccccc6cc45)cc3)cccc12. The van der Waals surface area contributed by atoms with Gasteiger partial charge in [-0.25, -0.2) is 0 Å². The van der Waals surface area contributed by atoms with Crippen LogP contribution in [-0.2, 0) is 0 Å². The first-order chi connectivity index (χ1) is 23.7. The molecule has 0 aromatic heterocycles. The van der Waals surface area contributed by atoms with Crippen LogP contribution in [0.1, 0.15) is 13.8 Å². The fourth-order valence-corrected chi connectivity index (χ4v) is 7.66. The zero-order chi connectivity index (χ0) is 32.2. The van der Waals surface area contributed by atoms with E-state index in [9.17, 15) is 0 Å². The van der Waals surface area contributed by atoms with Gasteiger partial charge in [0.05, 0.1) is 13.2 Å². The molecule has 0 unspecified atom stereocenters. The molecule has 9 aromatic carbocycles. The Morgan fingerprint density at radius 3 is 1.17 bits per heavy atom. The van der Waals surface area contributed by atoms with E-state index in [1.54, 1.807) is 0 Å². The van der Waals surface area contributed by atoms with Gasteiger partial charge in [-0.2, -0.15) is 0 Å². The van der Waals surface area contributed by atoms with Crippen molar-refractivity contribution in [2.45, 2.75) is 13.8 Å². The molecule has 48 heavy (non-hydrogen) atoms. The van der Waals surface area contributed by atoms with E-state index in [2.05, 4.69) is 159 Å². The molecule has 9 aromatic rings. The van der Waals surface area contributed by atoms with E-state index in [0.29, 0.717) is 13.2 Å². The molecule has 0 aliphatic carbocycles. The fraction of sp³-hybridized carbons (Fsp3) is 0.0870. The van der Waals surface area contributed by atoms with Gasteiger partial charge in [0.2, 0.25) is 0 Å². The predicted octanol–water partition coefficient (Wildman–Crippen LogP) is 12.7. The fourth-order valence-electron chi connectivity index (χ4n) is 7.66. The van der Waals surface area contributed by atoms with Gasteiger partial charge in [-0.15, -0.1) is 0 Å². The summed E-state index contributed by atoms with van der Waals surface area (Å²) in [5.74, 6) is 1.93. The van der Waals surface area contributed by atoms with Crippen LogP contribution in [0.3, 0.4) is 0 Å². The molecule has 0 aliphatic heterocycles. The van der Waals surface area contributed by atoms with Gasteiger partial charge in [0.25, 0.3) is 0 Å². The van der Waals surface area contributed by atoms with Crippen molar-refractivity contribution in [3.63, 3.8) is 0 Å². The smallest absolute Gasteiger partial charge is 0.134 e. The van der Waals surface area contributed by atoms with E-state index in [4.69, 9.17) is 9.47 Å². The number of hydrogen-bond acceptors (Lipinski definition) is 2. The number of ether oxygens (including phenoxy) is 2. The molecule has 0 spiro atoms. The van der Waals surface area contributed by atoms with E-state index in [0.717, 1.165) is 33.0 Å². The van der Waals surface area contributed by atoms with Crippen molar-refractivity contribution in [3.8, 4) is 33.8 Å². The molecular formula is C46H34O2. The van der Waals surface area contributed by atoms with E-state index >= 15 is 0 Å². The number of fused-ring (bicyclic) bond motifs is 8. The Hall–Kier alpha value is -5.86. The third kappa shape index (κ3) is 4.41. The van der Waals surface area contributed by atoms with Crippen LogP contribution >= 0.6 is 0 Å². The van der Waals surface area contributed by atoms with Crippen molar-refractivity contribution in [3.05, 3.63) is 146 Å². The van der Waals surface area contributed by atoms with Crippen LogP contribution < -0.4 is 9.47 Å². The van der Waals surface area contributed by atoms with Gasteiger partial charge >= 0.3 is 0 Å². The first-order valence-electron chi connectivity index (χ1n) is 16.8. The Balaban J connectivity index is 1.17. The summed E-state index contributed by atoms with van der Waals surface area (Å²) in [5.41, 5.74) is 4.86. The zero-order valence-electron chi connectivity index (χ0n) is 27.1. The molecule has 0 amide bonds. The maximum Gasteiger partial charge on any atom is 0.134 e. The third-order valence-electron chi connectivity index (χ3n) is 9.79. The lowest BCUT2D eigenvalue weighted by Gasteiger charge is -2.16. The monoisotopic (exact) mass is 618 g/mol. The Morgan fingerprint density at radius 2 is 0.729 bits per heavy atom. The van der Waals surface area contributed by atoms with Gasteiger partial charge in [0.1, 0.15) is 11.5 Å². The Morgan fingerprint density at radius 1 is 0.333 bits per heavy atom. The summed E-state index contributed by atoms with van der Waals surface area (Å²) in [6.07, 6.45) is 0. The van der Waals surface area contributed by atoms with E-state index in [1.165, 1.54) is 65.3 Å². The van der Waals surface area contributed by atoms with Crippen molar-refractivity contribution >= 4 is 64.6 Å². The summed E-state index contributed by atoms with van der Waals surface area (Å²) in [6, 6.07) is 53.0. The molecule has 0 radical (unpaired) electrons. The highest BCUT2D eigenvalue weighted by Gasteiger charge is 2.15.